The fourth-order valence-electron chi connectivity index (χ4n) is 5.07. The highest BCUT2D eigenvalue weighted by molar-refractivity contribution is 6.43. The lowest BCUT2D eigenvalue weighted by Gasteiger charge is -2.47. The highest BCUT2D eigenvalue weighted by Crippen LogP contribution is 2.38. The average Bonchev–Trinajstić information content (AvgIpc) is 3.12. The Kier molecular flexibility index (Phi) is 10.6. The SMILES string of the molecule is C[C@@H]1CNC[C@](C)(C(C)(C)C=C(C#N)C(=O)N2CCCCC(OC(=O)NC(Cc3ccccc3)B(O)O)C2)O1. The van der Waals surface area contributed by atoms with Crippen LogP contribution in [-0.2, 0) is 20.7 Å². The third-order valence-corrected chi connectivity index (χ3v) is 7.73. The van der Waals surface area contributed by atoms with Gasteiger partial charge < -0.3 is 35.1 Å². The van der Waals surface area contributed by atoms with Crippen molar-refractivity contribution in [1.29, 1.82) is 5.26 Å². The van der Waals surface area contributed by atoms with Crippen molar-refractivity contribution < 1.29 is 29.1 Å². The van der Waals surface area contributed by atoms with E-state index in [1.807, 2.05) is 58.0 Å². The zero-order valence-corrected chi connectivity index (χ0v) is 23.4. The number of benzene rings is 1. The van der Waals surface area contributed by atoms with E-state index in [1.54, 1.807) is 11.0 Å². The Hall–Kier alpha value is -2.91. The molecule has 2 amide bonds. The van der Waals surface area contributed by atoms with Gasteiger partial charge in [-0.2, -0.15) is 5.26 Å². The van der Waals surface area contributed by atoms with Gasteiger partial charge in [0.05, 0.1) is 24.2 Å². The van der Waals surface area contributed by atoms with Gasteiger partial charge in [0.15, 0.2) is 0 Å². The van der Waals surface area contributed by atoms with Gasteiger partial charge in [0, 0.05) is 25.0 Å². The van der Waals surface area contributed by atoms with E-state index in [-0.39, 0.29) is 24.6 Å². The summed E-state index contributed by atoms with van der Waals surface area (Å²) in [6, 6.07) is 11.3. The number of hydrogen-bond donors (Lipinski definition) is 4. The molecule has 3 rings (SSSR count). The van der Waals surface area contributed by atoms with Gasteiger partial charge in [-0.15, -0.1) is 0 Å². The molecular weight excluding hydrogens is 499 g/mol. The third kappa shape index (κ3) is 8.29. The lowest BCUT2D eigenvalue weighted by atomic mass is 9.73. The quantitative estimate of drug-likeness (QED) is 0.223. The summed E-state index contributed by atoms with van der Waals surface area (Å²) in [6.07, 6.45) is 2.53. The Labute approximate surface area is 231 Å². The van der Waals surface area contributed by atoms with Crippen LogP contribution < -0.4 is 10.6 Å². The van der Waals surface area contributed by atoms with E-state index in [1.165, 1.54) is 0 Å². The van der Waals surface area contributed by atoms with Crippen LogP contribution in [-0.4, -0.2) is 84.0 Å². The first-order chi connectivity index (χ1) is 18.4. The summed E-state index contributed by atoms with van der Waals surface area (Å²) in [6.45, 7) is 9.80. The summed E-state index contributed by atoms with van der Waals surface area (Å²) in [5.41, 5.74) is -0.364. The van der Waals surface area contributed by atoms with Crippen LogP contribution in [0.15, 0.2) is 42.0 Å². The van der Waals surface area contributed by atoms with E-state index in [2.05, 4.69) is 16.7 Å². The molecule has 0 radical (unpaired) electrons. The number of carbonyl (C=O) groups is 2. The highest BCUT2D eigenvalue weighted by Gasteiger charge is 2.44. The molecule has 2 aliphatic rings. The standard InChI is InChI=1S/C28H41BN4O6/c1-20-17-31-19-28(4,39-20)27(2,3)15-22(16-30)25(34)33-13-9-8-12-23(18-33)38-26(35)32-24(29(36)37)14-21-10-6-5-7-11-21/h5-7,10-11,15,20,23-24,31,36-37H,8-9,12-14,17-19H2,1-4H3,(H,32,35)/t20-,23?,24?,28-/m1/s1. The fourth-order valence-corrected chi connectivity index (χ4v) is 5.07. The van der Waals surface area contributed by atoms with Crippen molar-refractivity contribution in [2.75, 3.05) is 26.2 Å². The summed E-state index contributed by atoms with van der Waals surface area (Å²) in [5.74, 6) is -1.37. The number of amides is 2. The molecule has 1 aromatic carbocycles. The first-order valence-electron chi connectivity index (χ1n) is 13.6. The summed E-state index contributed by atoms with van der Waals surface area (Å²) >= 11 is 0. The molecule has 0 aromatic heterocycles. The molecule has 39 heavy (non-hydrogen) atoms. The molecule has 2 saturated heterocycles. The lowest BCUT2D eigenvalue weighted by Crippen LogP contribution is -2.58. The zero-order valence-electron chi connectivity index (χ0n) is 23.4. The minimum absolute atomic E-state index is 0.00607. The number of alkyl carbamates (subject to hydrolysis) is 1. The number of nitrogens with zero attached hydrogens (tertiary/aromatic N) is 2. The second-order valence-electron chi connectivity index (χ2n) is 11.3. The van der Waals surface area contributed by atoms with E-state index in [4.69, 9.17) is 9.47 Å². The van der Waals surface area contributed by atoms with E-state index in [0.717, 1.165) is 18.5 Å². The van der Waals surface area contributed by atoms with E-state index in [9.17, 15) is 24.9 Å². The van der Waals surface area contributed by atoms with Gasteiger partial charge in [-0.05, 0) is 45.1 Å². The molecule has 2 aliphatic heterocycles. The number of nitriles is 1. The Morgan fingerprint density at radius 3 is 2.72 bits per heavy atom. The molecule has 212 valence electrons. The van der Waals surface area contributed by atoms with Gasteiger partial charge >= 0.3 is 13.2 Å². The number of rotatable bonds is 8. The monoisotopic (exact) mass is 540 g/mol. The van der Waals surface area contributed by atoms with Crippen LogP contribution in [0.4, 0.5) is 4.79 Å². The van der Waals surface area contributed by atoms with Crippen molar-refractivity contribution in [3.05, 3.63) is 47.5 Å². The fraction of sp³-hybridized carbons (Fsp3) is 0.607. The smallest absolute Gasteiger partial charge is 0.444 e. The second kappa shape index (κ2) is 13.4. The van der Waals surface area contributed by atoms with Crippen LogP contribution in [0.25, 0.3) is 0 Å². The van der Waals surface area contributed by atoms with Crippen molar-refractivity contribution in [3.8, 4) is 6.07 Å². The van der Waals surface area contributed by atoms with Gasteiger partial charge in [-0.25, -0.2) is 4.79 Å². The molecule has 4 atom stereocenters. The van der Waals surface area contributed by atoms with Crippen LogP contribution in [0.5, 0.6) is 0 Å². The minimum Gasteiger partial charge on any atom is -0.444 e. The maximum Gasteiger partial charge on any atom is 0.475 e. The van der Waals surface area contributed by atoms with E-state index >= 15 is 0 Å². The normalized spacial score (nSPS) is 25.2. The molecule has 10 nitrogen and oxygen atoms in total. The number of ether oxygens (including phenoxy) is 2. The number of hydrogen-bond acceptors (Lipinski definition) is 8. The summed E-state index contributed by atoms with van der Waals surface area (Å²) in [5, 5.41) is 35.4. The maximum atomic E-state index is 13.5. The van der Waals surface area contributed by atoms with Crippen LogP contribution in [0.1, 0.15) is 52.5 Å². The summed E-state index contributed by atoms with van der Waals surface area (Å²) in [7, 11) is -1.77. The van der Waals surface area contributed by atoms with Crippen molar-refractivity contribution in [3.63, 3.8) is 0 Å². The van der Waals surface area contributed by atoms with Gasteiger partial charge in [0.1, 0.15) is 17.7 Å². The van der Waals surface area contributed by atoms with Crippen LogP contribution in [0, 0.1) is 16.7 Å². The van der Waals surface area contributed by atoms with Crippen molar-refractivity contribution in [2.24, 2.45) is 5.41 Å². The molecule has 4 N–H and O–H groups in total. The third-order valence-electron chi connectivity index (χ3n) is 7.73. The number of carbonyl (C=O) groups excluding carboxylic acids is 2. The van der Waals surface area contributed by atoms with Gasteiger partial charge in [0.25, 0.3) is 5.91 Å². The molecule has 0 spiro atoms. The predicted molar refractivity (Wildman–Crippen MR) is 147 cm³/mol. The Morgan fingerprint density at radius 1 is 1.36 bits per heavy atom. The first-order valence-corrected chi connectivity index (χ1v) is 13.6. The second-order valence-corrected chi connectivity index (χ2v) is 11.3. The molecule has 2 unspecified atom stereocenters. The predicted octanol–water partition coefficient (Wildman–Crippen LogP) is 1.96. The summed E-state index contributed by atoms with van der Waals surface area (Å²) < 4.78 is 11.8. The van der Waals surface area contributed by atoms with E-state index in [0.29, 0.717) is 25.9 Å². The molecule has 0 saturated carbocycles. The number of morpholine rings is 1. The van der Waals surface area contributed by atoms with E-state index < -0.39 is 42.2 Å². The first kappa shape index (κ1) is 30.6. The molecular formula is C28H41BN4O6. The topological polar surface area (TPSA) is 144 Å². The number of nitrogens with one attached hydrogen (secondary N) is 2. The molecule has 0 bridgehead atoms. The Morgan fingerprint density at radius 2 is 2.08 bits per heavy atom. The number of likely N-dealkylation sites (tertiary alicyclic amines) is 1. The highest BCUT2D eigenvalue weighted by atomic mass is 16.6. The largest absolute Gasteiger partial charge is 0.475 e. The Bertz CT molecular complexity index is 1060. The molecule has 2 fully saturated rings. The zero-order chi connectivity index (χ0) is 28.6. The molecule has 0 aliphatic carbocycles. The van der Waals surface area contributed by atoms with Crippen molar-refractivity contribution in [1.82, 2.24) is 15.5 Å². The van der Waals surface area contributed by atoms with Crippen LogP contribution in [0.3, 0.4) is 0 Å². The van der Waals surface area contributed by atoms with Gasteiger partial charge in [-0.1, -0.05) is 50.3 Å². The van der Waals surface area contributed by atoms with Crippen LogP contribution >= 0.6 is 0 Å². The van der Waals surface area contributed by atoms with Crippen molar-refractivity contribution in [2.45, 2.75) is 77.1 Å². The average molecular weight is 540 g/mol. The molecule has 2 heterocycles. The van der Waals surface area contributed by atoms with Gasteiger partial charge in [0.2, 0.25) is 0 Å². The lowest BCUT2D eigenvalue weighted by molar-refractivity contribution is -0.145. The molecule has 11 heteroatoms. The maximum absolute atomic E-state index is 13.5. The summed E-state index contributed by atoms with van der Waals surface area (Å²) in [4.78, 5) is 27.7. The molecule has 1 aromatic rings. The minimum atomic E-state index is -1.77. The van der Waals surface area contributed by atoms with Crippen LogP contribution in [0.2, 0.25) is 0 Å². The Balaban J connectivity index is 1.66. The van der Waals surface area contributed by atoms with Gasteiger partial charge in [-0.3, -0.25) is 4.79 Å². The van der Waals surface area contributed by atoms with Crippen molar-refractivity contribution >= 4 is 19.1 Å².